The summed E-state index contributed by atoms with van der Waals surface area (Å²) in [6.07, 6.45) is 4.39. The van der Waals surface area contributed by atoms with Crippen molar-refractivity contribution in [3.8, 4) is 0 Å². The lowest BCUT2D eigenvalue weighted by molar-refractivity contribution is 0.573. The zero-order chi connectivity index (χ0) is 15.3. The number of nitrogens with one attached hydrogen (secondary N) is 1. The Morgan fingerprint density at radius 2 is 2.14 bits per heavy atom. The number of nitrogens with two attached hydrogens (primary N) is 1. The summed E-state index contributed by atoms with van der Waals surface area (Å²) in [6.45, 7) is 2.92. The molecule has 3 N–H and O–H groups in total. The van der Waals surface area contributed by atoms with Crippen molar-refractivity contribution >= 4 is 21.8 Å². The van der Waals surface area contributed by atoms with Crippen LogP contribution < -0.4 is 10.5 Å². The highest BCUT2D eigenvalue weighted by molar-refractivity contribution is 8.00. The van der Waals surface area contributed by atoms with E-state index in [0.29, 0.717) is 23.2 Å². The van der Waals surface area contributed by atoms with Gasteiger partial charge in [0.2, 0.25) is 10.0 Å². The van der Waals surface area contributed by atoms with Crippen LogP contribution >= 0.6 is 11.8 Å². The maximum Gasteiger partial charge on any atom is 0.240 e. The molecule has 0 spiro atoms. The monoisotopic (exact) mass is 328 g/mol. The highest BCUT2D eigenvalue weighted by atomic mass is 32.2. The average molecular weight is 329 g/mol. The second-order valence-electron chi connectivity index (χ2n) is 5.33. The van der Waals surface area contributed by atoms with Crippen molar-refractivity contribution in [2.45, 2.75) is 49.3 Å². The summed E-state index contributed by atoms with van der Waals surface area (Å²) in [5, 5.41) is 0.400. The van der Waals surface area contributed by atoms with Crippen molar-refractivity contribution in [1.29, 1.82) is 0 Å². The third-order valence-electron chi connectivity index (χ3n) is 3.86. The topological polar surface area (TPSA) is 72.2 Å². The van der Waals surface area contributed by atoms with E-state index in [1.165, 1.54) is 12.8 Å². The number of thioether (sulfide) groups is 1. The Morgan fingerprint density at radius 1 is 1.33 bits per heavy atom. The summed E-state index contributed by atoms with van der Waals surface area (Å²) in [7, 11) is -3.44. The third kappa shape index (κ3) is 4.45. The third-order valence-corrected chi connectivity index (χ3v) is 6.68. The zero-order valence-corrected chi connectivity index (χ0v) is 14.1. The van der Waals surface area contributed by atoms with Crippen LogP contribution in [0.15, 0.2) is 23.1 Å². The molecule has 0 aromatic heterocycles. The van der Waals surface area contributed by atoms with Crippen molar-refractivity contribution in [3.63, 3.8) is 0 Å². The van der Waals surface area contributed by atoms with E-state index < -0.39 is 10.0 Å². The molecule has 0 amide bonds. The van der Waals surface area contributed by atoms with Crippen LogP contribution in [0.4, 0.5) is 0 Å². The Hall–Kier alpha value is -0.560. The number of hydrogen-bond acceptors (Lipinski definition) is 4. The quantitative estimate of drug-likeness (QED) is 0.840. The van der Waals surface area contributed by atoms with Gasteiger partial charge in [-0.2, -0.15) is 11.8 Å². The molecule has 1 aromatic rings. The van der Waals surface area contributed by atoms with Gasteiger partial charge in [-0.05, 0) is 48.3 Å². The largest absolute Gasteiger partial charge is 0.326 e. The molecular weight excluding hydrogens is 304 g/mol. The van der Waals surface area contributed by atoms with Crippen LogP contribution in [0.1, 0.15) is 37.3 Å². The summed E-state index contributed by atoms with van der Waals surface area (Å²) in [5.41, 5.74) is 7.73. The molecule has 1 heterocycles. The highest BCUT2D eigenvalue weighted by Crippen LogP contribution is 2.25. The number of benzene rings is 1. The highest BCUT2D eigenvalue weighted by Gasteiger charge is 2.19. The summed E-state index contributed by atoms with van der Waals surface area (Å²) in [6, 6.07) is 5.25. The van der Waals surface area contributed by atoms with Gasteiger partial charge in [-0.25, -0.2) is 13.1 Å². The molecule has 1 aromatic carbocycles. The lowest BCUT2D eigenvalue weighted by Crippen LogP contribution is -2.32. The smallest absolute Gasteiger partial charge is 0.240 e. The maximum atomic E-state index is 12.4. The van der Waals surface area contributed by atoms with Crippen LogP contribution in [0.2, 0.25) is 0 Å². The molecular formula is C15H24N2O2S2. The van der Waals surface area contributed by atoms with Gasteiger partial charge in [0, 0.05) is 18.3 Å². The van der Waals surface area contributed by atoms with Crippen LogP contribution in [0.3, 0.4) is 0 Å². The average Bonchev–Trinajstić information content (AvgIpc) is 2.53. The number of sulfonamides is 1. The summed E-state index contributed by atoms with van der Waals surface area (Å²) < 4.78 is 27.5. The van der Waals surface area contributed by atoms with Gasteiger partial charge in [-0.15, -0.1) is 0 Å². The molecule has 0 saturated carbocycles. The van der Waals surface area contributed by atoms with Gasteiger partial charge in [0.1, 0.15) is 0 Å². The van der Waals surface area contributed by atoms with Crippen molar-refractivity contribution in [1.82, 2.24) is 4.72 Å². The van der Waals surface area contributed by atoms with Crippen LogP contribution in [0, 0.1) is 0 Å². The molecule has 0 radical (unpaired) electrons. The number of aryl methyl sites for hydroxylation is 1. The zero-order valence-electron chi connectivity index (χ0n) is 12.5. The Balaban J connectivity index is 2.07. The van der Waals surface area contributed by atoms with Crippen molar-refractivity contribution in [2.75, 3.05) is 12.3 Å². The van der Waals surface area contributed by atoms with Gasteiger partial charge in [-0.3, -0.25) is 0 Å². The normalized spacial score (nSPS) is 19.6. The first-order valence-electron chi connectivity index (χ1n) is 7.50. The van der Waals surface area contributed by atoms with E-state index >= 15 is 0 Å². The minimum atomic E-state index is -3.44. The van der Waals surface area contributed by atoms with Gasteiger partial charge in [0.05, 0.1) is 4.90 Å². The van der Waals surface area contributed by atoms with Crippen molar-refractivity contribution in [2.24, 2.45) is 5.73 Å². The van der Waals surface area contributed by atoms with Crippen LogP contribution in [-0.2, 0) is 23.0 Å². The van der Waals surface area contributed by atoms with E-state index in [1.807, 2.05) is 24.8 Å². The molecule has 118 valence electrons. The minimum absolute atomic E-state index is 0.320. The fraction of sp³-hybridized carbons (Fsp3) is 0.600. The Morgan fingerprint density at radius 3 is 2.76 bits per heavy atom. The van der Waals surface area contributed by atoms with E-state index in [2.05, 4.69) is 4.72 Å². The van der Waals surface area contributed by atoms with Gasteiger partial charge >= 0.3 is 0 Å². The Bertz CT molecular complexity index is 567. The van der Waals surface area contributed by atoms with E-state index in [9.17, 15) is 8.42 Å². The van der Waals surface area contributed by atoms with Crippen LogP contribution in [0.25, 0.3) is 0 Å². The molecule has 1 aliphatic rings. The lowest BCUT2D eigenvalue weighted by Gasteiger charge is -2.21. The fourth-order valence-electron chi connectivity index (χ4n) is 2.56. The molecule has 1 unspecified atom stereocenters. The first-order valence-corrected chi connectivity index (χ1v) is 10.0. The summed E-state index contributed by atoms with van der Waals surface area (Å²) in [4.78, 5) is 0.320. The van der Waals surface area contributed by atoms with E-state index in [-0.39, 0.29) is 0 Å². The molecule has 1 saturated heterocycles. The predicted octanol–water partition coefficient (Wildman–Crippen LogP) is 2.27. The predicted molar refractivity (Wildman–Crippen MR) is 89.0 cm³/mol. The molecule has 21 heavy (non-hydrogen) atoms. The maximum absolute atomic E-state index is 12.4. The molecule has 4 nitrogen and oxygen atoms in total. The SMILES string of the molecule is CCc1ccc(S(=O)(=O)NCC2CCCCS2)cc1CN. The van der Waals surface area contributed by atoms with Gasteiger partial charge in [-0.1, -0.05) is 19.4 Å². The van der Waals surface area contributed by atoms with Crippen LogP contribution in [-0.4, -0.2) is 26.0 Å². The Kier molecular flexibility index (Phi) is 6.10. The standard InChI is InChI=1S/C15H24N2O2S2/c1-2-12-6-7-15(9-13(12)10-16)21(18,19)17-11-14-5-3-4-8-20-14/h6-7,9,14,17H,2-5,8,10-11,16H2,1H3. The van der Waals surface area contributed by atoms with Crippen LogP contribution in [0.5, 0.6) is 0 Å². The molecule has 0 aliphatic carbocycles. The van der Waals surface area contributed by atoms with Gasteiger partial charge in [0.15, 0.2) is 0 Å². The summed E-state index contributed by atoms with van der Waals surface area (Å²) >= 11 is 1.87. The van der Waals surface area contributed by atoms with Crippen molar-refractivity contribution in [3.05, 3.63) is 29.3 Å². The van der Waals surface area contributed by atoms with Gasteiger partial charge < -0.3 is 5.73 Å². The molecule has 1 fully saturated rings. The molecule has 0 bridgehead atoms. The molecule has 6 heteroatoms. The Labute approximate surface area is 131 Å². The first kappa shape index (κ1) is 16.8. The summed E-state index contributed by atoms with van der Waals surface area (Å²) in [5.74, 6) is 1.13. The van der Waals surface area contributed by atoms with E-state index in [4.69, 9.17) is 5.73 Å². The second kappa shape index (κ2) is 7.63. The fourth-order valence-corrected chi connectivity index (χ4v) is 5.03. The van der Waals surface area contributed by atoms with Gasteiger partial charge in [0.25, 0.3) is 0 Å². The molecule has 1 atom stereocenters. The molecule has 1 aliphatic heterocycles. The van der Waals surface area contributed by atoms with E-state index in [0.717, 1.165) is 29.7 Å². The van der Waals surface area contributed by atoms with Crippen molar-refractivity contribution < 1.29 is 8.42 Å². The number of rotatable bonds is 6. The van der Waals surface area contributed by atoms with E-state index in [1.54, 1.807) is 12.1 Å². The second-order valence-corrected chi connectivity index (χ2v) is 8.50. The lowest BCUT2D eigenvalue weighted by atomic mass is 10.1. The molecule has 2 rings (SSSR count). The number of hydrogen-bond donors (Lipinski definition) is 2. The minimum Gasteiger partial charge on any atom is -0.326 e. The first-order chi connectivity index (χ1) is 10.1.